The number of hydrogen-bond acceptors (Lipinski definition) is 7. The molecule has 1 heterocycles. The number of carbonyl (C=O) groups excluding carboxylic acids is 1. The predicted octanol–water partition coefficient (Wildman–Crippen LogP) is 6.07. The van der Waals surface area contributed by atoms with Crippen LogP contribution in [0.5, 0.6) is 11.5 Å². The first-order valence-corrected chi connectivity index (χ1v) is 13.8. The summed E-state index contributed by atoms with van der Waals surface area (Å²) >= 11 is 0. The standard InChI is InChI=1S/C33H39N5O3/c1-24-19-25(2)32(26(3)20-24)41-33(39)38(31-15-16-34-23-35-31)22-29(21-27-9-7-6-8-10-27)36-28-11-13-30(14-12-28)40-18-17-37(4)5/h6-16,19-20,23,29,36H,17-18,21-22H2,1-5H3. The Bertz CT molecular complexity index is 1370. The van der Waals surface area contributed by atoms with E-state index in [1.165, 1.54) is 6.33 Å². The average molecular weight is 554 g/mol. The highest BCUT2D eigenvalue weighted by molar-refractivity contribution is 5.88. The molecule has 4 aromatic rings. The molecule has 1 atom stereocenters. The van der Waals surface area contributed by atoms with Crippen LogP contribution < -0.4 is 19.7 Å². The lowest BCUT2D eigenvalue weighted by molar-refractivity contribution is 0.206. The van der Waals surface area contributed by atoms with Crippen molar-refractivity contribution >= 4 is 17.6 Å². The minimum Gasteiger partial charge on any atom is -0.492 e. The smallest absolute Gasteiger partial charge is 0.421 e. The molecule has 1 amide bonds. The number of benzene rings is 3. The number of anilines is 2. The fourth-order valence-corrected chi connectivity index (χ4v) is 4.68. The zero-order chi connectivity index (χ0) is 29.2. The summed E-state index contributed by atoms with van der Waals surface area (Å²) in [7, 11) is 4.04. The van der Waals surface area contributed by atoms with E-state index in [0.29, 0.717) is 31.1 Å². The van der Waals surface area contributed by atoms with E-state index in [1.54, 1.807) is 17.2 Å². The van der Waals surface area contributed by atoms with Gasteiger partial charge in [0.05, 0.1) is 6.54 Å². The van der Waals surface area contributed by atoms with Crippen LogP contribution in [0.2, 0.25) is 0 Å². The van der Waals surface area contributed by atoms with Crippen LogP contribution >= 0.6 is 0 Å². The van der Waals surface area contributed by atoms with Gasteiger partial charge in [0, 0.05) is 24.5 Å². The van der Waals surface area contributed by atoms with Crippen LogP contribution in [0.25, 0.3) is 0 Å². The van der Waals surface area contributed by atoms with Gasteiger partial charge in [-0.3, -0.25) is 4.90 Å². The number of likely N-dealkylation sites (N-methyl/N-ethyl adjacent to an activating group) is 1. The number of aryl methyl sites for hydroxylation is 3. The van der Waals surface area contributed by atoms with E-state index in [-0.39, 0.29) is 6.04 Å². The van der Waals surface area contributed by atoms with Crippen LogP contribution in [0.4, 0.5) is 16.3 Å². The van der Waals surface area contributed by atoms with Gasteiger partial charge >= 0.3 is 6.09 Å². The van der Waals surface area contributed by atoms with E-state index in [0.717, 1.165) is 40.2 Å². The van der Waals surface area contributed by atoms with E-state index < -0.39 is 6.09 Å². The first-order valence-electron chi connectivity index (χ1n) is 13.8. The molecule has 4 rings (SSSR count). The van der Waals surface area contributed by atoms with Crippen LogP contribution in [-0.2, 0) is 6.42 Å². The topological polar surface area (TPSA) is 79.8 Å². The largest absolute Gasteiger partial charge is 0.492 e. The fourth-order valence-electron chi connectivity index (χ4n) is 4.68. The highest BCUT2D eigenvalue weighted by Crippen LogP contribution is 2.26. The summed E-state index contributed by atoms with van der Waals surface area (Å²) < 4.78 is 11.9. The van der Waals surface area contributed by atoms with Gasteiger partial charge in [-0.25, -0.2) is 14.8 Å². The second kappa shape index (κ2) is 14.3. The summed E-state index contributed by atoms with van der Waals surface area (Å²) in [6.07, 6.45) is 3.24. The number of rotatable bonds is 12. The molecule has 3 aromatic carbocycles. The Morgan fingerprint density at radius 1 is 0.951 bits per heavy atom. The van der Waals surface area contributed by atoms with Gasteiger partial charge in [0.25, 0.3) is 0 Å². The third kappa shape index (κ3) is 8.78. The van der Waals surface area contributed by atoms with Crippen LogP contribution in [0.15, 0.2) is 85.3 Å². The monoisotopic (exact) mass is 553 g/mol. The van der Waals surface area contributed by atoms with Crippen LogP contribution in [0.3, 0.4) is 0 Å². The molecule has 214 valence electrons. The first-order chi connectivity index (χ1) is 19.8. The van der Waals surface area contributed by atoms with Gasteiger partial charge in [-0.15, -0.1) is 0 Å². The van der Waals surface area contributed by atoms with Crippen LogP contribution in [-0.4, -0.2) is 60.8 Å². The molecular weight excluding hydrogens is 514 g/mol. The molecule has 0 saturated heterocycles. The molecule has 0 fully saturated rings. The molecule has 8 heteroatoms. The second-order valence-corrected chi connectivity index (χ2v) is 10.5. The third-order valence-corrected chi connectivity index (χ3v) is 6.62. The molecule has 0 saturated carbocycles. The molecule has 8 nitrogen and oxygen atoms in total. The normalized spacial score (nSPS) is 11.7. The Morgan fingerprint density at radius 2 is 1.66 bits per heavy atom. The lowest BCUT2D eigenvalue weighted by atomic mass is 10.0. The van der Waals surface area contributed by atoms with Gasteiger partial charge in [-0.05, 0) is 88.3 Å². The molecule has 0 aliphatic rings. The number of nitrogens with one attached hydrogen (secondary N) is 1. The Hall–Kier alpha value is -4.43. The summed E-state index contributed by atoms with van der Waals surface area (Å²) in [6.45, 7) is 7.70. The lowest BCUT2D eigenvalue weighted by Crippen LogP contribution is -2.43. The first kappa shape index (κ1) is 29.6. The lowest BCUT2D eigenvalue weighted by Gasteiger charge is -2.28. The van der Waals surface area contributed by atoms with Crippen molar-refractivity contribution in [2.45, 2.75) is 33.2 Å². The van der Waals surface area contributed by atoms with Crippen molar-refractivity contribution in [1.29, 1.82) is 0 Å². The van der Waals surface area contributed by atoms with Crippen LogP contribution in [0.1, 0.15) is 22.3 Å². The summed E-state index contributed by atoms with van der Waals surface area (Å²) in [6, 6.07) is 23.7. The molecule has 0 spiro atoms. The van der Waals surface area contributed by atoms with Gasteiger partial charge in [-0.1, -0.05) is 48.0 Å². The average Bonchev–Trinajstić information content (AvgIpc) is 2.95. The van der Waals surface area contributed by atoms with Crippen molar-refractivity contribution in [1.82, 2.24) is 14.9 Å². The maximum Gasteiger partial charge on any atom is 0.421 e. The molecule has 1 unspecified atom stereocenters. The molecule has 1 aromatic heterocycles. The molecule has 1 N–H and O–H groups in total. The second-order valence-electron chi connectivity index (χ2n) is 10.5. The quantitative estimate of drug-likeness (QED) is 0.228. The Labute approximate surface area is 243 Å². The van der Waals surface area contributed by atoms with Crippen molar-refractivity contribution in [3.8, 4) is 11.5 Å². The summed E-state index contributed by atoms with van der Waals surface area (Å²) in [4.78, 5) is 25.8. The van der Waals surface area contributed by atoms with E-state index in [4.69, 9.17) is 9.47 Å². The van der Waals surface area contributed by atoms with Crippen molar-refractivity contribution in [2.75, 3.05) is 44.0 Å². The Balaban J connectivity index is 1.58. The zero-order valence-corrected chi connectivity index (χ0v) is 24.5. The fraction of sp³-hybridized carbons (Fsp3) is 0.303. The number of ether oxygens (including phenoxy) is 2. The number of amides is 1. The number of nitrogens with zero attached hydrogens (tertiary/aromatic N) is 4. The van der Waals surface area contributed by atoms with Crippen molar-refractivity contribution < 1.29 is 14.3 Å². The van der Waals surface area contributed by atoms with Crippen LogP contribution in [0, 0.1) is 20.8 Å². The van der Waals surface area contributed by atoms with Crippen molar-refractivity contribution in [3.63, 3.8) is 0 Å². The minimum atomic E-state index is -0.497. The maximum atomic E-state index is 13.7. The molecule has 0 bridgehead atoms. The summed E-state index contributed by atoms with van der Waals surface area (Å²) in [5.41, 5.74) is 5.01. The third-order valence-electron chi connectivity index (χ3n) is 6.62. The highest BCUT2D eigenvalue weighted by Gasteiger charge is 2.25. The molecule has 0 aliphatic heterocycles. The van der Waals surface area contributed by atoms with Gasteiger partial charge in [-0.2, -0.15) is 0 Å². The zero-order valence-electron chi connectivity index (χ0n) is 24.5. The molecule has 0 aliphatic carbocycles. The minimum absolute atomic E-state index is 0.152. The van der Waals surface area contributed by atoms with E-state index in [1.807, 2.05) is 89.5 Å². The molecule has 0 radical (unpaired) electrons. The van der Waals surface area contributed by atoms with Gasteiger partial charge in [0.15, 0.2) is 0 Å². The Kier molecular flexibility index (Phi) is 10.3. The SMILES string of the molecule is Cc1cc(C)c(OC(=O)N(CC(Cc2ccccc2)Nc2ccc(OCCN(C)C)cc2)c2ccncn2)c(C)c1. The van der Waals surface area contributed by atoms with E-state index in [9.17, 15) is 4.79 Å². The molecular formula is C33H39N5O3. The van der Waals surface area contributed by atoms with E-state index in [2.05, 4.69) is 32.3 Å². The van der Waals surface area contributed by atoms with Gasteiger partial charge in [0.2, 0.25) is 0 Å². The predicted molar refractivity (Wildman–Crippen MR) is 164 cm³/mol. The number of carbonyl (C=O) groups is 1. The Morgan fingerprint density at radius 3 is 2.29 bits per heavy atom. The van der Waals surface area contributed by atoms with Gasteiger partial charge < -0.3 is 19.7 Å². The summed E-state index contributed by atoms with van der Waals surface area (Å²) in [5, 5.41) is 3.62. The van der Waals surface area contributed by atoms with E-state index >= 15 is 0 Å². The van der Waals surface area contributed by atoms with Crippen molar-refractivity contribution in [2.24, 2.45) is 0 Å². The van der Waals surface area contributed by atoms with Crippen molar-refractivity contribution in [3.05, 3.63) is 108 Å². The number of hydrogen-bond donors (Lipinski definition) is 1. The summed E-state index contributed by atoms with van der Waals surface area (Å²) in [5.74, 6) is 1.85. The maximum absolute atomic E-state index is 13.7. The van der Waals surface area contributed by atoms with Gasteiger partial charge in [0.1, 0.15) is 30.3 Å². The number of aromatic nitrogens is 2. The highest BCUT2D eigenvalue weighted by atomic mass is 16.6. The molecule has 41 heavy (non-hydrogen) atoms.